The number of thiazole rings is 1. The van der Waals surface area contributed by atoms with Crippen LogP contribution in [0.2, 0.25) is 0 Å². The van der Waals surface area contributed by atoms with Gasteiger partial charge < -0.3 is 16.0 Å². The van der Waals surface area contributed by atoms with Gasteiger partial charge in [0.15, 0.2) is 5.96 Å². The summed E-state index contributed by atoms with van der Waals surface area (Å²) in [6, 6.07) is 0.141. The Bertz CT molecular complexity index is 447. The summed E-state index contributed by atoms with van der Waals surface area (Å²) in [5.41, 5.74) is 1.01. The molecule has 0 spiro atoms. The standard InChI is InChI=1S/C12H21N5OS.HI/c1-8(2)16-10(18)5-14-12(13-4)15-6-11-17-9(3)7-19-11;/h7-8H,5-6H2,1-4H3,(H,16,18)(H2,13,14,15);1H. The molecule has 0 fully saturated rings. The first-order valence-corrected chi connectivity index (χ1v) is 7.04. The average molecular weight is 411 g/mol. The van der Waals surface area contributed by atoms with Gasteiger partial charge in [0.2, 0.25) is 5.91 Å². The Morgan fingerprint density at radius 2 is 2.15 bits per heavy atom. The second kappa shape index (κ2) is 9.92. The van der Waals surface area contributed by atoms with E-state index in [9.17, 15) is 4.79 Å². The van der Waals surface area contributed by atoms with Crippen LogP contribution in [0.1, 0.15) is 24.5 Å². The molecule has 0 saturated carbocycles. The molecular formula is C12H22IN5OS. The number of hydrogen-bond acceptors (Lipinski definition) is 4. The summed E-state index contributed by atoms with van der Waals surface area (Å²) in [4.78, 5) is 19.9. The highest BCUT2D eigenvalue weighted by Crippen LogP contribution is 2.07. The smallest absolute Gasteiger partial charge is 0.239 e. The van der Waals surface area contributed by atoms with E-state index >= 15 is 0 Å². The minimum absolute atomic E-state index is 0. The first-order valence-electron chi connectivity index (χ1n) is 6.16. The molecule has 3 N–H and O–H groups in total. The van der Waals surface area contributed by atoms with Gasteiger partial charge in [0.05, 0.1) is 13.1 Å². The number of aryl methyl sites for hydroxylation is 1. The van der Waals surface area contributed by atoms with E-state index in [1.165, 1.54) is 0 Å². The molecule has 1 amide bonds. The molecule has 20 heavy (non-hydrogen) atoms. The highest BCUT2D eigenvalue weighted by atomic mass is 127. The van der Waals surface area contributed by atoms with Crippen LogP contribution in [0, 0.1) is 6.92 Å². The van der Waals surface area contributed by atoms with E-state index in [1.807, 2.05) is 26.2 Å². The summed E-state index contributed by atoms with van der Waals surface area (Å²) < 4.78 is 0. The first kappa shape index (κ1) is 19.1. The SMILES string of the molecule is CN=C(NCC(=O)NC(C)C)NCc1nc(C)cs1.I. The zero-order valence-electron chi connectivity index (χ0n) is 12.2. The zero-order chi connectivity index (χ0) is 14.3. The predicted octanol–water partition coefficient (Wildman–Crippen LogP) is 1.26. The molecule has 1 aromatic heterocycles. The van der Waals surface area contributed by atoms with Gasteiger partial charge in [-0.05, 0) is 20.8 Å². The molecule has 8 heteroatoms. The fraction of sp³-hybridized carbons (Fsp3) is 0.583. The highest BCUT2D eigenvalue weighted by molar-refractivity contribution is 14.0. The number of guanidine groups is 1. The van der Waals surface area contributed by atoms with E-state index in [4.69, 9.17) is 0 Å². The van der Waals surface area contributed by atoms with Crippen molar-refractivity contribution >= 4 is 47.2 Å². The second-order valence-corrected chi connectivity index (χ2v) is 5.33. The number of carbonyl (C=O) groups is 1. The Morgan fingerprint density at radius 1 is 1.45 bits per heavy atom. The summed E-state index contributed by atoms with van der Waals surface area (Å²) in [5.74, 6) is 0.537. The van der Waals surface area contributed by atoms with Crippen molar-refractivity contribution in [3.05, 3.63) is 16.1 Å². The maximum absolute atomic E-state index is 11.5. The molecule has 6 nitrogen and oxygen atoms in total. The van der Waals surface area contributed by atoms with Gasteiger partial charge in [0.1, 0.15) is 5.01 Å². The second-order valence-electron chi connectivity index (χ2n) is 4.38. The Morgan fingerprint density at radius 3 is 2.65 bits per heavy atom. The molecular weight excluding hydrogens is 389 g/mol. The van der Waals surface area contributed by atoms with Gasteiger partial charge in [0, 0.05) is 24.2 Å². The number of rotatable bonds is 5. The summed E-state index contributed by atoms with van der Waals surface area (Å²) in [6.07, 6.45) is 0. The lowest BCUT2D eigenvalue weighted by Crippen LogP contribution is -2.44. The van der Waals surface area contributed by atoms with Gasteiger partial charge in [-0.1, -0.05) is 0 Å². The Labute approximate surface area is 140 Å². The van der Waals surface area contributed by atoms with Crippen LogP contribution in [0.5, 0.6) is 0 Å². The van der Waals surface area contributed by atoms with Gasteiger partial charge in [-0.2, -0.15) is 0 Å². The predicted molar refractivity (Wildman–Crippen MR) is 93.7 cm³/mol. The first-order chi connectivity index (χ1) is 9.01. The molecule has 1 heterocycles. The Kier molecular flexibility index (Phi) is 9.47. The lowest BCUT2D eigenvalue weighted by atomic mass is 10.4. The quantitative estimate of drug-likeness (QED) is 0.387. The van der Waals surface area contributed by atoms with Crippen molar-refractivity contribution in [2.75, 3.05) is 13.6 Å². The lowest BCUT2D eigenvalue weighted by molar-refractivity contribution is -0.120. The summed E-state index contributed by atoms with van der Waals surface area (Å²) in [7, 11) is 1.67. The van der Waals surface area contributed by atoms with Gasteiger partial charge in [-0.15, -0.1) is 35.3 Å². The van der Waals surface area contributed by atoms with Gasteiger partial charge >= 0.3 is 0 Å². The van der Waals surface area contributed by atoms with Gasteiger partial charge in [-0.3, -0.25) is 9.79 Å². The van der Waals surface area contributed by atoms with Gasteiger partial charge in [-0.25, -0.2) is 4.98 Å². The molecule has 0 aliphatic carbocycles. The summed E-state index contributed by atoms with van der Waals surface area (Å²) in [6.45, 7) is 6.62. The van der Waals surface area contributed by atoms with Crippen LogP contribution >= 0.6 is 35.3 Å². The van der Waals surface area contributed by atoms with E-state index in [-0.39, 0.29) is 42.5 Å². The third kappa shape index (κ3) is 7.63. The van der Waals surface area contributed by atoms with E-state index < -0.39 is 0 Å². The number of nitrogens with zero attached hydrogens (tertiary/aromatic N) is 2. The fourth-order valence-electron chi connectivity index (χ4n) is 1.40. The maximum Gasteiger partial charge on any atom is 0.239 e. The van der Waals surface area contributed by atoms with E-state index in [0.29, 0.717) is 12.5 Å². The number of aliphatic imine (C=N–C) groups is 1. The lowest BCUT2D eigenvalue weighted by Gasteiger charge is -2.12. The van der Waals surface area contributed by atoms with Crippen LogP contribution in [-0.2, 0) is 11.3 Å². The summed E-state index contributed by atoms with van der Waals surface area (Å²) in [5, 5.41) is 11.9. The number of halogens is 1. The van der Waals surface area contributed by atoms with Crippen LogP contribution in [0.15, 0.2) is 10.4 Å². The molecule has 0 unspecified atom stereocenters. The Balaban J connectivity index is 0.00000361. The number of aromatic nitrogens is 1. The van der Waals surface area contributed by atoms with Crippen LogP contribution in [0.3, 0.4) is 0 Å². The largest absolute Gasteiger partial charge is 0.352 e. The molecule has 0 saturated heterocycles. The zero-order valence-corrected chi connectivity index (χ0v) is 15.3. The molecule has 0 radical (unpaired) electrons. The van der Waals surface area contributed by atoms with Crippen molar-refractivity contribution in [1.29, 1.82) is 0 Å². The molecule has 0 atom stereocenters. The number of carbonyl (C=O) groups excluding carboxylic acids is 1. The van der Waals surface area contributed by atoms with Crippen molar-refractivity contribution in [1.82, 2.24) is 20.9 Å². The topological polar surface area (TPSA) is 78.4 Å². The normalized spacial score (nSPS) is 10.9. The fourth-order valence-corrected chi connectivity index (χ4v) is 2.11. The molecule has 1 rings (SSSR count). The van der Waals surface area contributed by atoms with Crippen LogP contribution < -0.4 is 16.0 Å². The maximum atomic E-state index is 11.5. The minimum atomic E-state index is -0.0527. The number of amides is 1. The van der Waals surface area contributed by atoms with Crippen molar-refractivity contribution in [2.45, 2.75) is 33.4 Å². The molecule has 1 aromatic rings. The van der Waals surface area contributed by atoms with Crippen LogP contribution in [0.25, 0.3) is 0 Å². The minimum Gasteiger partial charge on any atom is -0.352 e. The third-order valence-electron chi connectivity index (χ3n) is 2.16. The van der Waals surface area contributed by atoms with E-state index in [0.717, 1.165) is 10.7 Å². The van der Waals surface area contributed by atoms with Crippen LogP contribution in [0.4, 0.5) is 0 Å². The molecule has 0 aliphatic rings. The molecule has 114 valence electrons. The van der Waals surface area contributed by atoms with Gasteiger partial charge in [0.25, 0.3) is 0 Å². The van der Waals surface area contributed by atoms with Crippen molar-refractivity contribution in [2.24, 2.45) is 4.99 Å². The van der Waals surface area contributed by atoms with Crippen molar-refractivity contribution in [3.8, 4) is 0 Å². The van der Waals surface area contributed by atoms with Crippen LogP contribution in [-0.4, -0.2) is 36.5 Å². The van der Waals surface area contributed by atoms with Crippen molar-refractivity contribution < 1.29 is 4.79 Å². The Hall–Kier alpha value is -0.900. The number of hydrogen-bond donors (Lipinski definition) is 3. The van der Waals surface area contributed by atoms with Crippen molar-refractivity contribution in [3.63, 3.8) is 0 Å². The van der Waals surface area contributed by atoms with E-state index in [2.05, 4.69) is 25.9 Å². The third-order valence-corrected chi connectivity index (χ3v) is 3.13. The molecule has 0 aliphatic heterocycles. The number of nitrogens with one attached hydrogen (secondary N) is 3. The molecule has 0 aromatic carbocycles. The average Bonchev–Trinajstić information content (AvgIpc) is 2.74. The van der Waals surface area contributed by atoms with E-state index in [1.54, 1.807) is 18.4 Å². The summed E-state index contributed by atoms with van der Waals surface area (Å²) >= 11 is 1.60. The molecule has 0 bridgehead atoms. The monoisotopic (exact) mass is 411 g/mol. The highest BCUT2D eigenvalue weighted by Gasteiger charge is 2.05.